The van der Waals surface area contributed by atoms with Crippen LogP contribution in [0.2, 0.25) is 0 Å². The van der Waals surface area contributed by atoms with E-state index in [4.69, 9.17) is 14.2 Å². The zero-order valence-electron chi connectivity index (χ0n) is 16.8. The second kappa shape index (κ2) is 10.0. The molecule has 3 amide bonds. The quantitative estimate of drug-likeness (QED) is 0.434. The minimum Gasteiger partial charge on any atom is -0.447 e. The van der Waals surface area contributed by atoms with Crippen molar-refractivity contribution in [3.63, 3.8) is 0 Å². The van der Waals surface area contributed by atoms with Crippen LogP contribution >= 0.6 is 0 Å². The first-order valence-corrected chi connectivity index (χ1v) is 9.57. The van der Waals surface area contributed by atoms with Gasteiger partial charge in [-0.3, -0.25) is 4.90 Å². The lowest BCUT2D eigenvalue weighted by atomic mass is 9.93. The Morgan fingerprint density at radius 2 is 2.00 bits per heavy atom. The molecular weight excluding hydrogens is 366 g/mol. The van der Waals surface area contributed by atoms with E-state index in [9.17, 15) is 14.4 Å². The van der Waals surface area contributed by atoms with Gasteiger partial charge in [0.05, 0.1) is 24.4 Å². The molecule has 0 radical (unpaired) electrons. The monoisotopic (exact) mass is 395 g/mol. The van der Waals surface area contributed by atoms with Crippen LogP contribution in [0.5, 0.6) is 0 Å². The number of hydrazine groups is 1. The van der Waals surface area contributed by atoms with Crippen molar-refractivity contribution in [2.45, 2.75) is 59.2 Å². The summed E-state index contributed by atoms with van der Waals surface area (Å²) in [6.07, 6.45) is 5.34. The minimum absolute atomic E-state index is 0.179. The molecule has 1 fully saturated rings. The standard InChI is InChI=1S/C19H29N3O6/c1-13(2)27-17(23)20-22(19(25)28-14(3)4)16(15-8-6-5-7-9-15)12-21-10-11-26-18(21)24/h6,8,12-15H,5,7,9-11H2,1-4H3,(H,20,23)/b16-12+. The number of rotatable bonds is 5. The van der Waals surface area contributed by atoms with Gasteiger partial charge in [-0.2, -0.15) is 5.01 Å². The molecule has 1 heterocycles. The van der Waals surface area contributed by atoms with Crippen LogP contribution in [0.15, 0.2) is 24.0 Å². The van der Waals surface area contributed by atoms with Crippen molar-refractivity contribution in [3.05, 3.63) is 24.0 Å². The molecule has 1 atom stereocenters. The van der Waals surface area contributed by atoms with Crippen LogP contribution < -0.4 is 5.43 Å². The first kappa shape index (κ1) is 21.6. The van der Waals surface area contributed by atoms with Gasteiger partial charge in [-0.1, -0.05) is 12.2 Å². The number of carbonyl (C=O) groups is 3. The highest BCUT2D eigenvalue weighted by atomic mass is 16.6. The number of allylic oxidation sites excluding steroid dienone is 2. The Bertz CT molecular complexity index is 644. The average Bonchev–Trinajstić information content (AvgIpc) is 3.02. The lowest BCUT2D eigenvalue weighted by Crippen LogP contribution is -2.49. The van der Waals surface area contributed by atoms with Gasteiger partial charge in [0.1, 0.15) is 6.61 Å². The zero-order chi connectivity index (χ0) is 20.7. The third-order valence-corrected chi connectivity index (χ3v) is 4.04. The van der Waals surface area contributed by atoms with Crippen LogP contribution in [0.1, 0.15) is 47.0 Å². The number of hydrogen-bond donors (Lipinski definition) is 1. The normalized spacial score (nSPS) is 19.6. The molecular formula is C19H29N3O6. The predicted molar refractivity (Wildman–Crippen MR) is 101 cm³/mol. The number of nitrogens with zero attached hydrogens (tertiary/aromatic N) is 2. The van der Waals surface area contributed by atoms with Gasteiger partial charge in [0.25, 0.3) is 0 Å². The van der Waals surface area contributed by atoms with Crippen molar-refractivity contribution in [1.82, 2.24) is 15.3 Å². The molecule has 0 bridgehead atoms. The topological polar surface area (TPSA) is 97.4 Å². The summed E-state index contributed by atoms with van der Waals surface area (Å²) in [7, 11) is 0. The molecule has 2 rings (SSSR count). The summed E-state index contributed by atoms with van der Waals surface area (Å²) in [5.41, 5.74) is 2.87. The van der Waals surface area contributed by atoms with E-state index in [-0.39, 0.29) is 18.6 Å². The highest BCUT2D eigenvalue weighted by molar-refractivity contribution is 5.76. The van der Waals surface area contributed by atoms with Gasteiger partial charge in [-0.15, -0.1) is 0 Å². The molecule has 28 heavy (non-hydrogen) atoms. The van der Waals surface area contributed by atoms with Crippen molar-refractivity contribution >= 4 is 18.3 Å². The summed E-state index contributed by atoms with van der Waals surface area (Å²) in [4.78, 5) is 38.3. The lowest BCUT2D eigenvalue weighted by Gasteiger charge is -2.31. The van der Waals surface area contributed by atoms with Gasteiger partial charge < -0.3 is 14.2 Å². The fraction of sp³-hybridized carbons (Fsp3) is 0.632. The number of hydrogen-bond acceptors (Lipinski definition) is 6. The Labute approximate surface area is 165 Å². The zero-order valence-corrected chi connectivity index (χ0v) is 16.8. The van der Waals surface area contributed by atoms with Gasteiger partial charge in [-0.25, -0.2) is 19.8 Å². The van der Waals surface area contributed by atoms with Crippen LogP contribution in [0.4, 0.5) is 14.4 Å². The van der Waals surface area contributed by atoms with E-state index in [2.05, 4.69) is 5.43 Å². The molecule has 0 aromatic carbocycles. The summed E-state index contributed by atoms with van der Waals surface area (Å²) in [5.74, 6) is -0.179. The molecule has 9 heteroatoms. The van der Waals surface area contributed by atoms with Gasteiger partial charge >= 0.3 is 18.3 Å². The summed E-state index contributed by atoms with van der Waals surface area (Å²) < 4.78 is 15.4. The summed E-state index contributed by atoms with van der Waals surface area (Å²) in [5, 5.41) is 1.02. The largest absolute Gasteiger partial charge is 0.447 e. The van der Waals surface area contributed by atoms with E-state index in [0.29, 0.717) is 12.2 Å². The number of amides is 3. The third-order valence-electron chi connectivity index (χ3n) is 4.04. The Morgan fingerprint density at radius 1 is 1.29 bits per heavy atom. The molecule has 1 N–H and O–H groups in total. The fourth-order valence-electron chi connectivity index (χ4n) is 2.86. The van der Waals surface area contributed by atoms with E-state index < -0.39 is 24.4 Å². The molecule has 9 nitrogen and oxygen atoms in total. The summed E-state index contributed by atoms with van der Waals surface area (Å²) >= 11 is 0. The number of carbonyl (C=O) groups excluding carboxylic acids is 3. The van der Waals surface area contributed by atoms with Crippen molar-refractivity contribution < 1.29 is 28.6 Å². The summed E-state index contributed by atoms with van der Waals surface area (Å²) in [6.45, 7) is 7.47. The van der Waals surface area contributed by atoms with E-state index in [1.54, 1.807) is 27.7 Å². The molecule has 1 saturated heterocycles. The van der Waals surface area contributed by atoms with Crippen LogP contribution in [0.3, 0.4) is 0 Å². The maximum Gasteiger partial charge on any atom is 0.433 e. The van der Waals surface area contributed by atoms with Gasteiger partial charge in [0.15, 0.2) is 0 Å². The minimum atomic E-state index is -0.787. The van der Waals surface area contributed by atoms with Gasteiger partial charge in [-0.05, 0) is 47.0 Å². The van der Waals surface area contributed by atoms with Crippen molar-refractivity contribution in [1.29, 1.82) is 0 Å². The highest BCUT2D eigenvalue weighted by Gasteiger charge is 2.31. The first-order valence-electron chi connectivity index (χ1n) is 9.57. The van der Waals surface area contributed by atoms with E-state index in [0.717, 1.165) is 24.3 Å². The Kier molecular flexibility index (Phi) is 7.71. The maximum atomic E-state index is 12.7. The van der Waals surface area contributed by atoms with E-state index >= 15 is 0 Å². The van der Waals surface area contributed by atoms with Crippen LogP contribution in [0.25, 0.3) is 0 Å². The molecule has 1 unspecified atom stereocenters. The lowest BCUT2D eigenvalue weighted by molar-refractivity contribution is 0.0547. The Hall–Kier alpha value is -2.71. The molecule has 2 aliphatic rings. The maximum absolute atomic E-state index is 12.7. The number of nitrogens with one attached hydrogen (secondary N) is 1. The van der Waals surface area contributed by atoms with Crippen molar-refractivity contribution in [2.24, 2.45) is 5.92 Å². The Balaban J connectivity index is 2.37. The number of cyclic esters (lactones) is 1. The van der Waals surface area contributed by atoms with Gasteiger partial charge in [0.2, 0.25) is 0 Å². The molecule has 1 aliphatic heterocycles. The third kappa shape index (κ3) is 6.17. The van der Waals surface area contributed by atoms with Crippen LogP contribution in [-0.4, -0.2) is 53.5 Å². The average molecular weight is 395 g/mol. The second-order valence-electron chi connectivity index (χ2n) is 7.16. The molecule has 0 aromatic rings. The fourth-order valence-corrected chi connectivity index (χ4v) is 2.86. The van der Waals surface area contributed by atoms with Crippen molar-refractivity contribution in [3.8, 4) is 0 Å². The highest BCUT2D eigenvalue weighted by Crippen LogP contribution is 2.28. The Morgan fingerprint density at radius 3 is 2.54 bits per heavy atom. The summed E-state index contributed by atoms with van der Waals surface area (Å²) in [6, 6.07) is 0. The second-order valence-corrected chi connectivity index (χ2v) is 7.16. The van der Waals surface area contributed by atoms with E-state index in [1.165, 1.54) is 11.1 Å². The first-order chi connectivity index (χ1) is 13.3. The molecule has 1 aliphatic carbocycles. The van der Waals surface area contributed by atoms with E-state index in [1.807, 2.05) is 12.2 Å². The SMILES string of the molecule is CC(C)OC(=O)NN(C(=O)OC(C)C)/C(=C/N1CCOC1=O)C1C=CCCC1. The predicted octanol–water partition coefficient (Wildman–Crippen LogP) is 3.53. The molecule has 0 saturated carbocycles. The molecule has 156 valence electrons. The van der Waals surface area contributed by atoms with Crippen molar-refractivity contribution in [2.75, 3.05) is 13.2 Å². The number of ether oxygens (including phenoxy) is 3. The molecule has 0 spiro atoms. The van der Waals surface area contributed by atoms with Crippen LogP contribution in [-0.2, 0) is 14.2 Å². The molecule has 0 aromatic heterocycles. The van der Waals surface area contributed by atoms with Crippen LogP contribution in [0, 0.1) is 5.92 Å². The van der Waals surface area contributed by atoms with Gasteiger partial charge in [0, 0.05) is 12.1 Å². The smallest absolute Gasteiger partial charge is 0.433 e.